The second kappa shape index (κ2) is 7.88. The minimum absolute atomic E-state index is 0.276. The second-order valence-electron chi connectivity index (χ2n) is 6.90. The summed E-state index contributed by atoms with van der Waals surface area (Å²) in [5.41, 5.74) is 2.30. The third-order valence-electron chi connectivity index (χ3n) is 5.21. The van der Waals surface area contributed by atoms with Gasteiger partial charge in [-0.1, -0.05) is 30.3 Å². The van der Waals surface area contributed by atoms with Crippen molar-refractivity contribution in [2.45, 2.75) is 10.7 Å². The molecule has 9 heteroatoms. The van der Waals surface area contributed by atoms with Crippen LogP contribution < -0.4 is 9.80 Å². The van der Waals surface area contributed by atoms with Crippen LogP contribution in [0.2, 0.25) is 0 Å². The van der Waals surface area contributed by atoms with E-state index in [-0.39, 0.29) is 10.6 Å². The lowest BCUT2D eigenvalue weighted by Crippen LogP contribution is -2.47. The molecule has 4 rings (SSSR count). The number of anilines is 2. The molecule has 1 aromatic heterocycles. The number of para-hydroxylation sites is 2. The van der Waals surface area contributed by atoms with Crippen LogP contribution >= 0.6 is 0 Å². The predicted octanol–water partition coefficient (Wildman–Crippen LogP) is 3.43. The summed E-state index contributed by atoms with van der Waals surface area (Å²) in [5.74, 6) is -3.47. The Morgan fingerprint density at radius 3 is 2.30 bits per heavy atom. The SMILES string of the molecule is N#Cc1cnc2ccccc2c1N1CCN(c2ccccc2S(=O)(=O)C(F)F)CC1. The van der Waals surface area contributed by atoms with Crippen LogP contribution in [-0.4, -0.2) is 45.3 Å². The van der Waals surface area contributed by atoms with Crippen LogP contribution in [0, 0.1) is 11.3 Å². The Hall–Kier alpha value is -3.25. The highest BCUT2D eigenvalue weighted by molar-refractivity contribution is 7.91. The minimum atomic E-state index is -4.70. The maximum atomic E-state index is 13.1. The molecule has 1 fully saturated rings. The molecule has 0 saturated carbocycles. The third kappa shape index (κ3) is 3.44. The first-order chi connectivity index (χ1) is 14.4. The van der Waals surface area contributed by atoms with Crippen LogP contribution in [0.15, 0.2) is 59.6 Å². The molecule has 0 atom stereocenters. The van der Waals surface area contributed by atoms with Gasteiger partial charge in [0.15, 0.2) is 0 Å². The molecular formula is C21H18F2N4O2S. The molecular weight excluding hydrogens is 410 g/mol. The molecule has 0 radical (unpaired) electrons. The Balaban J connectivity index is 1.64. The number of aromatic nitrogens is 1. The van der Waals surface area contributed by atoms with Gasteiger partial charge in [0.1, 0.15) is 6.07 Å². The van der Waals surface area contributed by atoms with Crippen LogP contribution in [0.3, 0.4) is 0 Å². The summed E-state index contributed by atoms with van der Waals surface area (Å²) in [7, 11) is -4.70. The molecule has 30 heavy (non-hydrogen) atoms. The molecule has 0 bridgehead atoms. The summed E-state index contributed by atoms with van der Waals surface area (Å²) in [5, 5.41) is 10.4. The van der Waals surface area contributed by atoms with Crippen LogP contribution in [0.25, 0.3) is 10.9 Å². The van der Waals surface area contributed by atoms with Crippen LogP contribution in [0.4, 0.5) is 20.2 Å². The monoisotopic (exact) mass is 428 g/mol. The van der Waals surface area contributed by atoms with Gasteiger partial charge in [-0.05, 0) is 18.2 Å². The zero-order chi connectivity index (χ0) is 21.3. The third-order valence-corrected chi connectivity index (χ3v) is 6.64. The van der Waals surface area contributed by atoms with Gasteiger partial charge in [-0.2, -0.15) is 14.0 Å². The Morgan fingerprint density at radius 2 is 1.60 bits per heavy atom. The maximum absolute atomic E-state index is 13.1. The first-order valence-corrected chi connectivity index (χ1v) is 10.9. The van der Waals surface area contributed by atoms with Gasteiger partial charge in [0.2, 0.25) is 9.84 Å². The summed E-state index contributed by atoms with van der Waals surface area (Å²) in [6, 6.07) is 15.6. The summed E-state index contributed by atoms with van der Waals surface area (Å²) in [4.78, 5) is 7.82. The average molecular weight is 428 g/mol. The molecule has 0 unspecified atom stereocenters. The number of nitrogens with zero attached hydrogens (tertiary/aromatic N) is 4. The first kappa shape index (κ1) is 20.0. The molecule has 6 nitrogen and oxygen atoms in total. The summed E-state index contributed by atoms with van der Waals surface area (Å²) in [6.07, 6.45) is 1.55. The molecule has 3 aromatic rings. The quantitative estimate of drug-likeness (QED) is 0.634. The molecule has 0 aliphatic carbocycles. The minimum Gasteiger partial charge on any atom is -0.367 e. The number of alkyl halides is 2. The van der Waals surface area contributed by atoms with E-state index in [2.05, 4.69) is 16.0 Å². The summed E-state index contributed by atoms with van der Waals surface area (Å²) in [6.45, 7) is 1.87. The van der Waals surface area contributed by atoms with Gasteiger partial charge in [0.05, 0.1) is 27.4 Å². The van der Waals surface area contributed by atoms with Gasteiger partial charge in [-0.15, -0.1) is 0 Å². The fraction of sp³-hybridized carbons (Fsp3) is 0.238. The normalized spacial score (nSPS) is 14.9. The highest BCUT2D eigenvalue weighted by Gasteiger charge is 2.31. The van der Waals surface area contributed by atoms with E-state index >= 15 is 0 Å². The molecule has 0 N–H and O–H groups in total. The number of fused-ring (bicyclic) bond motifs is 1. The van der Waals surface area contributed by atoms with E-state index in [1.807, 2.05) is 24.3 Å². The highest BCUT2D eigenvalue weighted by atomic mass is 32.2. The van der Waals surface area contributed by atoms with Gasteiger partial charge < -0.3 is 9.80 Å². The Morgan fingerprint density at radius 1 is 0.967 bits per heavy atom. The van der Waals surface area contributed by atoms with Crippen molar-refractivity contribution >= 4 is 32.1 Å². The van der Waals surface area contributed by atoms with E-state index in [0.717, 1.165) is 16.6 Å². The lowest BCUT2D eigenvalue weighted by molar-refractivity contribution is 0.235. The van der Waals surface area contributed by atoms with E-state index in [4.69, 9.17) is 0 Å². The number of nitriles is 1. The number of benzene rings is 2. The number of piperazine rings is 1. The molecule has 154 valence electrons. The number of pyridine rings is 1. The number of sulfone groups is 1. The Labute approximate surface area is 172 Å². The largest absolute Gasteiger partial charge is 0.367 e. The Kier molecular flexibility index (Phi) is 5.26. The Bertz CT molecular complexity index is 1230. The molecule has 1 aliphatic rings. The number of rotatable bonds is 4. The maximum Gasteiger partial charge on any atom is 0.341 e. The van der Waals surface area contributed by atoms with E-state index in [0.29, 0.717) is 31.7 Å². The summed E-state index contributed by atoms with van der Waals surface area (Å²) >= 11 is 0. The average Bonchev–Trinajstić information content (AvgIpc) is 2.78. The van der Waals surface area contributed by atoms with Crippen molar-refractivity contribution in [3.05, 3.63) is 60.3 Å². The zero-order valence-corrected chi connectivity index (χ0v) is 16.7. The molecule has 2 aromatic carbocycles. The number of hydrogen-bond acceptors (Lipinski definition) is 6. The lowest BCUT2D eigenvalue weighted by Gasteiger charge is -2.38. The van der Waals surface area contributed by atoms with Crippen LogP contribution in [-0.2, 0) is 9.84 Å². The van der Waals surface area contributed by atoms with Crippen molar-refractivity contribution in [2.24, 2.45) is 0 Å². The lowest BCUT2D eigenvalue weighted by atomic mass is 10.1. The van der Waals surface area contributed by atoms with Crippen molar-refractivity contribution in [2.75, 3.05) is 36.0 Å². The zero-order valence-electron chi connectivity index (χ0n) is 15.9. The van der Waals surface area contributed by atoms with E-state index in [1.165, 1.54) is 12.1 Å². The molecule has 1 aliphatic heterocycles. The molecule has 2 heterocycles. The molecule has 0 amide bonds. The highest BCUT2D eigenvalue weighted by Crippen LogP contribution is 2.33. The molecule has 1 saturated heterocycles. The predicted molar refractivity (Wildman–Crippen MR) is 111 cm³/mol. The van der Waals surface area contributed by atoms with Crippen molar-refractivity contribution < 1.29 is 17.2 Å². The number of hydrogen-bond donors (Lipinski definition) is 0. The van der Waals surface area contributed by atoms with Crippen molar-refractivity contribution in [1.29, 1.82) is 5.26 Å². The van der Waals surface area contributed by atoms with Crippen molar-refractivity contribution in [3.8, 4) is 6.07 Å². The van der Waals surface area contributed by atoms with Crippen molar-refractivity contribution in [1.82, 2.24) is 4.98 Å². The van der Waals surface area contributed by atoms with Gasteiger partial charge >= 0.3 is 5.76 Å². The standard InChI is InChI=1S/C21H18F2N4O2S/c22-21(23)30(28,29)19-8-4-3-7-18(19)26-9-11-27(12-10-26)20-15(13-24)14-25-17-6-2-1-5-16(17)20/h1-8,14,21H,9-12H2. The fourth-order valence-corrected chi connectivity index (χ4v) is 4.72. The van der Waals surface area contributed by atoms with E-state index in [1.54, 1.807) is 23.2 Å². The van der Waals surface area contributed by atoms with E-state index < -0.39 is 15.6 Å². The van der Waals surface area contributed by atoms with Gasteiger partial charge in [-0.25, -0.2) is 8.42 Å². The van der Waals surface area contributed by atoms with Gasteiger partial charge in [-0.3, -0.25) is 4.98 Å². The van der Waals surface area contributed by atoms with Crippen LogP contribution in [0.1, 0.15) is 5.56 Å². The second-order valence-corrected chi connectivity index (χ2v) is 8.78. The van der Waals surface area contributed by atoms with Gasteiger partial charge in [0.25, 0.3) is 0 Å². The topological polar surface area (TPSA) is 77.3 Å². The number of halogens is 2. The van der Waals surface area contributed by atoms with E-state index in [9.17, 15) is 22.5 Å². The smallest absolute Gasteiger partial charge is 0.341 e. The van der Waals surface area contributed by atoms with Crippen molar-refractivity contribution in [3.63, 3.8) is 0 Å². The van der Waals surface area contributed by atoms with Gasteiger partial charge in [0, 0.05) is 37.8 Å². The first-order valence-electron chi connectivity index (χ1n) is 9.32. The molecule has 0 spiro atoms. The summed E-state index contributed by atoms with van der Waals surface area (Å²) < 4.78 is 50.4. The van der Waals surface area contributed by atoms with Crippen LogP contribution in [0.5, 0.6) is 0 Å². The fourth-order valence-electron chi connectivity index (χ4n) is 3.78.